The van der Waals surface area contributed by atoms with Gasteiger partial charge in [-0.25, -0.2) is 4.39 Å². The van der Waals surface area contributed by atoms with Crippen molar-refractivity contribution in [3.05, 3.63) is 34.6 Å². The van der Waals surface area contributed by atoms with Crippen LogP contribution < -0.4 is 5.73 Å². The highest BCUT2D eigenvalue weighted by Gasteiger charge is 2.36. The van der Waals surface area contributed by atoms with Crippen LogP contribution in [0.4, 0.5) is 4.39 Å². The average Bonchev–Trinajstić information content (AvgIpc) is 2.50. The smallest absolute Gasteiger partial charge is 0.124 e. The summed E-state index contributed by atoms with van der Waals surface area (Å²) in [5.41, 5.74) is 7.44. The SMILES string of the molecule is CCC(C)(C(N)Cc1ccc(F)cc1Cl)N1CCCCC1. The van der Waals surface area contributed by atoms with Gasteiger partial charge in [-0.3, -0.25) is 4.90 Å². The largest absolute Gasteiger partial charge is 0.326 e. The monoisotopic (exact) mass is 312 g/mol. The molecule has 1 aromatic rings. The molecule has 21 heavy (non-hydrogen) atoms. The molecule has 1 saturated heterocycles. The minimum atomic E-state index is -0.299. The van der Waals surface area contributed by atoms with Gasteiger partial charge in [0.05, 0.1) is 0 Å². The lowest BCUT2D eigenvalue weighted by molar-refractivity contribution is 0.0546. The molecular formula is C17H26ClFN2. The van der Waals surface area contributed by atoms with Gasteiger partial charge in [0.1, 0.15) is 5.82 Å². The molecule has 1 heterocycles. The lowest BCUT2D eigenvalue weighted by Gasteiger charge is -2.47. The summed E-state index contributed by atoms with van der Waals surface area (Å²) in [6, 6.07) is 4.57. The van der Waals surface area contributed by atoms with Crippen LogP contribution in [0, 0.1) is 5.82 Å². The van der Waals surface area contributed by atoms with Crippen molar-refractivity contribution in [1.82, 2.24) is 4.90 Å². The van der Waals surface area contributed by atoms with E-state index in [1.54, 1.807) is 6.07 Å². The molecule has 2 rings (SSSR count). The Labute approximate surface area is 132 Å². The molecule has 0 aromatic heterocycles. The van der Waals surface area contributed by atoms with E-state index in [2.05, 4.69) is 18.7 Å². The zero-order chi connectivity index (χ0) is 15.5. The summed E-state index contributed by atoms with van der Waals surface area (Å²) in [6.45, 7) is 6.69. The van der Waals surface area contributed by atoms with Gasteiger partial charge in [-0.15, -0.1) is 0 Å². The van der Waals surface area contributed by atoms with Gasteiger partial charge < -0.3 is 5.73 Å². The number of likely N-dealkylation sites (tertiary alicyclic amines) is 1. The predicted octanol–water partition coefficient (Wildman–Crippen LogP) is 4.00. The average molecular weight is 313 g/mol. The molecule has 0 radical (unpaired) electrons. The van der Waals surface area contributed by atoms with Crippen LogP contribution in [0.25, 0.3) is 0 Å². The summed E-state index contributed by atoms with van der Waals surface area (Å²) in [5, 5.41) is 0.475. The Morgan fingerprint density at radius 3 is 2.57 bits per heavy atom. The number of halogens is 2. The van der Waals surface area contributed by atoms with Crippen molar-refractivity contribution < 1.29 is 4.39 Å². The van der Waals surface area contributed by atoms with E-state index in [1.165, 1.54) is 31.4 Å². The fourth-order valence-electron chi connectivity index (χ4n) is 3.27. The van der Waals surface area contributed by atoms with Gasteiger partial charge in [-0.05, 0) is 63.4 Å². The molecule has 0 amide bonds. The molecule has 2 atom stereocenters. The van der Waals surface area contributed by atoms with E-state index >= 15 is 0 Å². The summed E-state index contributed by atoms with van der Waals surface area (Å²) in [5.74, 6) is -0.299. The maximum Gasteiger partial charge on any atom is 0.124 e. The van der Waals surface area contributed by atoms with E-state index in [0.29, 0.717) is 11.4 Å². The maximum atomic E-state index is 13.2. The summed E-state index contributed by atoms with van der Waals surface area (Å²) in [4.78, 5) is 2.53. The van der Waals surface area contributed by atoms with Crippen LogP contribution in [0.1, 0.15) is 45.1 Å². The van der Waals surface area contributed by atoms with E-state index in [-0.39, 0.29) is 17.4 Å². The Morgan fingerprint density at radius 1 is 1.33 bits per heavy atom. The second-order valence-electron chi connectivity index (χ2n) is 6.30. The Morgan fingerprint density at radius 2 is 2.00 bits per heavy atom. The minimum absolute atomic E-state index is 0.0106. The first-order valence-electron chi connectivity index (χ1n) is 7.92. The van der Waals surface area contributed by atoms with Gasteiger partial charge in [0.15, 0.2) is 0 Å². The van der Waals surface area contributed by atoms with Gasteiger partial charge in [-0.2, -0.15) is 0 Å². The Bertz CT molecular complexity index is 474. The van der Waals surface area contributed by atoms with E-state index in [1.807, 2.05) is 0 Å². The number of benzene rings is 1. The molecule has 0 aliphatic carbocycles. The second-order valence-corrected chi connectivity index (χ2v) is 6.71. The minimum Gasteiger partial charge on any atom is -0.326 e. The molecule has 2 unspecified atom stereocenters. The van der Waals surface area contributed by atoms with Gasteiger partial charge >= 0.3 is 0 Å². The van der Waals surface area contributed by atoms with Crippen LogP contribution in [0.15, 0.2) is 18.2 Å². The van der Waals surface area contributed by atoms with Crippen molar-refractivity contribution in [3.63, 3.8) is 0 Å². The molecular weight excluding hydrogens is 287 g/mol. The van der Waals surface area contributed by atoms with Crippen LogP contribution in [0.3, 0.4) is 0 Å². The standard InChI is InChI=1S/C17H26ClFN2/c1-3-17(2,21-9-5-4-6-10-21)16(20)11-13-7-8-14(19)12-15(13)18/h7-8,12,16H,3-6,9-11,20H2,1-2H3. The Hall–Kier alpha value is -0.640. The third-order valence-corrected chi connectivity index (χ3v) is 5.40. The predicted molar refractivity (Wildman–Crippen MR) is 87.2 cm³/mol. The number of hydrogen-bond donors (Lipinski definition) is 1. The first kappa shape index (κ1) is 16.7. The van der Waals surface area contributed by atoms with Crippen molar-refractivity contribution in [2.45, 2.75) is 57.5 Å². The number of nitrogens with zero attached hydrogens (tertiary/aromatic N) is 1. The number of piperidine rings is 1. The Kier molecular flexibility index (Phi) is 5.64. The molecule has 0 saturated carbocycles. The third kappa shape index (κ3) is 3.77. The summed E-state index contributed by atoms with van der Waals surface area (Å²) in [6.07, 6.45) is 5.50. The number of rotatable bonds is 5. The van der Waals surface area contributed by atoms with E-state index in [0.717, 1.165) is 25.1 Å². The van der Waals surface area contributed by atoms with Crippen LogP contribution in [-0.4, -0.2) is 29.6 Å². The van der Waals surface area contributed by atoms with E-state index in [4.69, 9.17) is 17.3 Å². The van der Waals surface area contributed by atoms with Gasteiger partial charge in [0.25, 0.3) is 0 Å². The highest BCUT2D eigenvalue weighted by Crippen LogP contribution is 2.29. The van der Waals surface area contributed by atoms with Crippen molar-refractivity contribution in [2.75, 3.05) is 13.1 Å². The first-order chi connectivity index (χ1) is 9.97. The molecule has 0 spiro atoms. The normalized spacial score (nSPS) is 21.0. The van der Waals surface area contributed by atoms with E-state index < -0.39 is 0 Å². The summed E-state index contributed by atoms with van der Waals surface area (Å²) < 4.78 is 13.2. The van der Waals surface area contributed by atoms with Crippen LogP contribution in [0.5, 0.6) is 0 Å². The second kappa shape index (κ2) is 7.08. The first-order valence-corrected chi connectivity index (χ1v) is 8.29. The molecule has 1 aliphatic heterocycles. The molecule has 2 nitrogen and oxygen atoms in total. The zero-order valence-corrected chi connectivity index (χ0v) is 13.8. The molecule has 1 aliphatic rings. The van der Waals surface area contributed by atoms with Crippen LogP contribution in [0.2, 0.25) is 5.02 Å². The summed E-state index contributed by atoms with van der Waals surface area (Å²) in [7, 11) is 0. The molecule has 0 bridgehead atoms. The highest BCUT2D eigenvalue weighted by molar-refractivity contribution is 6.31. The van der Waals surface area contributed by atoms with Gasteiger partial charge in [0.2, 0.25) is 0 Å². The third-order valence-electron chi connectivity index (χ3n) is 5.05. The quantitative estimate of drug-likeness (QED) is 0.890. The molecule has 1 aromatic carbocycles. The highest BCUT2D eigenvalue weighted by atomic mass is 35.5. The lowest BCUT2D eigenvalue weighted by atomic mass is 9.83. The number of nitrogens with two attached hydrogens (primary N) is 1. The van der Waals surface area contributed by atoms with Crippen LogP contribution >= 0.6 is 11.6 Å². The number of hydrogen-bond acceptors (Lipinski definition) is 2. The molecule has 118 valence electrons. The van der Waals surface area contributed by atoms with Crippen molar-refractivity contribution >= 4 is 11.6 Å². The molecule has 4 heteroatoms. The van der Waals surface area contributed by atoms with Crippen molar-refractivity contribution in [3.8, 4) is 0 Å². The summed E-state index contributed by atoms with van der Waals surface area (Å²) >= 11 is 6.14. The van der Waals surface area contributed by atoms with E-state index in [9.17, 15) is 4.39 Å². The molecule has 2 N–H and O–H groups in total. The lowest BCUT2D eigenvalue weighted by Crippen LogP contribution is -2.59. The van der Waals surface area contributed by atoms with Gasteiger partial charge in [-0.1, -0.05) is 31.0 Å². The topological polar surface area (TPSA) is 29.3 Å². The van der Waals surface area contributed by atoms with Crippen molar-refractivity contribution in [2.24, 2.45) is 5.73 Å². The van der Waals surface area contributed by atoms with Crippen LogP contribution in [-0.2, 0) is 6.42 Å². The maximum absolute atomic E-state index is 13.2. The Balaban J connectivity index is 2.13. The zero-order valence-electron chi connectivity index (χ0n) is 13.0. The fraction of sp³-hybridized carbons (Fsp3) is 0.647. The van der Waals surface area contributed by atoms with Crippen molar-refractivity contribution in [1.29, 1.82) is 0 Å². The molecule has 1 fully saturated rings. The van der Waals surface area contributed by atoms with Gasteiger partial charge in [0, 0.05) is 16.6 Å². The fourth-order valence-corrected chi connectivity index (χ4v) is 3.51.